The van der Waals surface area contributed by atoms with Gasteiger partial charge in [-0.05, 0) is 50.9 Å². The summed E-state index contributed by atoms with van der Waals surface area (Å²) in [6.45, 7) is 7.52. The molecule has 0 aromatic heterocycles. The van der Waals surface area contributed by atoms with Crippen LogP contribution >= 0.6 is 12.4 Å². The molecule has 1 aromatic rings. The number of halogens is 1. The second-order valence-corrected chi connectivity index (χ2v) is 6.57. The Morgan fingerprint density at radius 3 is 2.65 bits per heavy atom. The van der Waals surface area contributed by atoms with E-state index in [4.69, 9.17) is 4.74 Å². The third-order valence-corrected chi connectivity index (χ3v) is 4.63. The fourth-order valence-corrected chi connectivity index (χ4v) is 3.15. The van der Waals surface area contributed by atoms with Gasteiger partial charge in [0, 0.05) is 19.1 Å². The van der Waals surface area contributed by atoms with Crippen molar-refractivity contribution in [3.05, 3.63) is 34.9 Å². The molecule has 0 radical (unpaired) electrons. The number of benzene rings is 1. The van der Waals surface area contributed by atoms with Crippen molar-refractivity contribution in [2.75, 3.05) is 33.4 Å². The van der Waals surface area contributed by atoms with Crippen molar-refractivity contribution in [3.63, 3.8) is 0 Å². The van der Waals surface area contributed by atoms with E-state index in [1.165, 1.54) is 11.1 Å². The fraction of sp³-hybridized carbons (Fsp3) is 0.611. The third kappa shape index (κ3) is 5.79. The summed E-state index contributed by atoms with van der Waals surface area (Å²) in [5.74, 6) is 0.0997. The summed E-state index contributed by atoms with van der Waals surface area (Å²) in [5.41, 5.74) is 3.57. The van der Waals surface area contributed by atoms with Gasteiger partial charge in [-0.1, -0.05) is 23.8 Å². The van der Waals surface area contributed by atoms with Crippen molar-refractivity contribution in [2.45, 2.75) is 33.1 Å². The number of ether oxygens (including phenoxy) is 1. The minimum atomic E-state index is 0. The molecule has 1 aromatic carbocycles. The number of methoxy groups -OCH3 is 1. The number of aryl methyl sites for hydroxylation is 2. The summed E-state index contributed by atoms with van der Waals surface area (Å²) in [5, 5.41) is 6.50. The Morgan fingerprint density at radius 1 is 1.30 bits per heavy atom. The summed E-state index contributed by atoms with van der Waals surface area (Å²) < 4.78 is 5.39. The molecule has 2 N–H and O–H groups in total. The first-order valence-electron chi connectivity index (χ1n) is 8.07. The van der Waals surface area contributed by atoms with Crippen LogP contribution in [0.1, 0.15) is 29.5 Å². The first kappa shape index (κ1) is 19.9. The molecular weight excluding hydrogens is 312 g/mol. The van der Waals surface area contributed by atoms with Gasteiger partial charge in [0.25, 0.3) is 0 Å². The molecule has 0 spiro atoms. The number of nitrogens with one attached hydrogen (secondary N) is 2. The molecule has 0 bridgehead atoms. The van der Waals surface area contributed by atoms with Gasteiger partial charge in [-0.2, -0.15) is 0 Å². The Kier molecular flexibility index (Phi) is 8.03. The van der Waals surface area contributed by atoms with Crippen LogP contribution in [-0.2, 0) is 16.0 Å². The molecule has 0 unspecified atom stereocenters. The largest absolute Gasteiger partial charge is 0.384 e. The summed E-state index contributed by atoms with van der Waals surface area (Å²) in [4.78, 5) is 12.3. The molecule has 2 rings (SSSR count). The maximum absolute atomic E-state index is 12.3. The van der Waals surface area contributed by atoms with Crippen molar-refractivity contribution < 1.29 is 9.53 Å². The predicted molar refractivity (Wildman–Crippen MR) is 96.3 cm³/mol. The highest BCUT2D eigenvalue weighted by atomic mass is 35.5. The molecule has 23 heavy (non-hydrogen) atoms. The van der Waals surface area contributed by atoms with E-state index in [1.54, 1.807) is 7.11 Å². The van der Waals surface area contributed by atoms with Crippen LogP contribution < -0.4 is 10.6 Å². The van der Waals surface area contributed by atoms with E-state index in [0.29, 0.717) is 19.6 Å². The lowest BCUT2D eigenvalue weighted by Crippen LogP contribution is -2.47. The van der Waals surface area contributed by atoms with Gasteiger partial charge in [0.1, 0.15) is 0 Å². The Labute approximate surface area is 145 Å². The van der Waals surface area contributed by atoms with E-state index in [1.807, 2.05) is 0 Å². The van der Waals surface area contributed by atoms with Crippen LogP contribution in [0.25, 0.3) is 0 Å². The summed E-state index contributed by atoms with van der Waals surface area (Å²) in [6.07, 6.45) is 2.55. The molecular formula is C18H29ClN2O2. The van der Waals surface area contributed by atoms with Crippen LogP contribution in [0.3, 0.4) is 0 Å². The molecule has 130 valence electrons. The highest BCUT2D eigenvalue weighted by Crippen LogP contribution is 2.28. The fourth-order valence-electron chi connectivity index (χ4n) is 3.15. The molecule has 5 heteroatoms. The van der Waals surface area contributed by atoms with E-state index >= 15 is 0 Å². The van der Waals surface area contributed by atoms with Crippen molar-refractivity contribution in [1.82, 2.24) is 10.6 Å². The quantitative estimate of drug-likeness (QED) is 0.836. The topological polar surface area (TPSA) is 50.4 Å². The van der Waals surface area contributed by atoms with Crippen molar-refractivity contribution >= 4 is 18.3 Å². The molecule has 1 amide bonds. The molecule has 4 nitrogen and oxygen atoms in total. The lowest BCUT2D eigenvalue weighted by Gasteiger charge is -2.37. The Balaban J connectivity index is 0.00000264. The average molecular weight is 341 g/mol. The first-order chi connectivity index (χ1) is 10.5. The molecule has 0 saturated carbocycles. The van der Waals surface area contributed by atoms with Gasteiger partial charge in [-0.15, -0.1) is 12.4 Å². The zero-order valence-corrected chi connectivity index (χ0v) is 15.2. The smallest absolute Gasteiger partial charge is 0.224 e. The number of carbonyl (C=O) groups excluding carboxylic acids is 1. The molecule has 1 saturated heterocycles. The number of piperidine rings is 1. The van der Waals surface area contributed by atoms with Gasteiger partial charge < -0.3 is 15.4 Å². The number of carbonyl (C=O) groups is 1. The minimum absolute atomic E-state index is 0. The van der Waals surface area contributed by atoms with E-state index in [9.17, 15) is 4.79 Å². The van der Waals surface area contributed by atoms with Gasteiger partial charge in [0.05, 0.1) is 13.0 Å². The number of amides is 1. The van der Waals surface area contributed by atoms with Crippen molar-refractivity contribution in [2.24, 2.45) is 5.41 Å². The highest BCUT2D eigenvalue weighted by Gasteiger charge is 2.32. The second kappa shape index (κ2) is 9.26. The third-order valence-electron chi connectivity index (χ3n) is 4.63. The monoisotopic (exact) mass is 340 g/mol. The second-order valence-electron chi connectivity index (χ2n) is 6.57. The molecule has 1 heterocycles. The number of hydrogen-bond acceptors (Lipinski definition) is 3. The van der Waals surface area contributed by atoms with Crippen LogP contribution in [0.15, 0.2) is 18.2 Å². The first-order valence-corrected chi connectivity index (χ1v) is 8.07. The van der Waals surface area contributed by atoms with Crippen LogP contribution in [0, 0.1) is 19.3 Å². The van der Waals surface area contributed by atoms with E-state index in [2.05, 4.69) is 42.7 Å². The molecule has 1 aliphatic rings. The number of rotatable bonds is 6. The zero-order chi connectivity index (χ0) is 16.0. The van der Waals surface area contributed by atoms with Crippen LogP contribution in [0.2, 0.25) is 0 Å². The van der Waals surface area contributed by atoms with Gasteiger partial charge in [0.15, 0.2) is 0 Å². The standard InChI is InChI=1S/C18H28N2O2.ClH/c1-14-4-5-15(2)16(10-14)11-17(21)20-12-18(13-22-3)6-8-19-9-7-18;/h4-5,10,19H,6-9,11-13H2,1-3H3,(H,20,21);1H. The summed E-state index contributed by atoms with van der Waals surface area (Å²) in [7, 11) is 1.74. The SMILES string of the molecule is COCC1(CNC(=O)Cc2cc(C)ccc2C)CCNCC1.Cl. The summed E-state index contributed by atoms with van der Waals surface area (Å²) >= 11 is 0. The van der Waals surface area contributed by atoms with Crippen molar-refractivity contribution in [1.29, 1.82) is 0 Å². The maximum atomic E-state index is 12.3. The van der Waals surface area contributed by atoms with Gasteiger partial charge >= 0.3 is 0 Å². The van der Waals surface area contributed by atoms with Crippen molar-refractivity contribution in [3.8, 4) is 0 Å². The minimum Gasteiger partial charge on any atom is -0.384 e. The normalized spacial score (nSPS) is 16.5. The molecule has 1 aliphatic heterocycles. The van der Waals surface area contributed by atoms with E-state index < -0.39 is 0 Å². The van der Waals surface area contributed by atoms with Gasteiger partial charge in [-0.25, -0.2) is 0 Å². The molecule has 1 fully saturated rings. The van der Waals surface area contributed by atoms with Gasteiger partial charge in [-0.3, -0.25) is 4.79 Å². The molecule has 0 aliphatic carbocycles. The number of hydrogen-bond donors (Lipinski definition) is 2. The predicted octanol–water partition coefficient (Wildman–Crippen LogP) is 2.40. The van der Waals surface area contributed by atoms with Crippen LogP contribution in [-0.4, -0.2) is 39.3 Å². The van der Waals surface area contributed by atoms with Crippen LogP contribution in [0.5, 0.6) is 0 Å². The Hall–Kier alpha value is -1.10. The lowest BCUT2D eigenvalue weighted by molar-refractivity contribution is -0.121. The lowest BCUT2D eigenvalue weighted by atomic mass is 9.79. The Morgan fingerprint density at radius 2 is 2.00 bits per heavy atom. The van der Waals surface area contributed by atoms with E-state index in [0.717, 1.165) is 31.5 Å². The highest BCUT2D eigenvalue weighted by molar-refractivity contribution is 5.85. The van der Waals surface area contributed by atoms with Crippen LogP contribution in [0.4, 0.5) is 0 Å². The van der Waals surface area contributed by atoms with Gasteiger partial charge in [0.2, 0.25) is 5.91 Å². The Bertz CT molecular complexity index is 508. The maximum Gasteiger partial charge on any atom is 0.224 e. The zero-order valence-electron chi connectivity index (χ0n) is 14.4. The molecule has 0 atom stereocenters. The van der Waals surface area contributed by atoms with E-state index in [-0.39, 0.29) is 23.7 Å². The average Bonchev–Trinajstić information content (AvgIpc) is 2.50. The summed E-state index contributed by atoms with van der Waals surface area (Å²) in [6, 6.07) is 6.26.